The van der Waals surface area contributed by atoms with Crippen molar-refractivity contribution in [1.29, 1.82) is 0 Å². The van der Waals surface area contributed by atoms with Crippen LogP contribution in [0.2, 0.25) is 0 Å². The van der Waals surface area contributed by atoms with Gasteiger partial charge in [-0.25, -0.2) is 22.0 Å². The molecule has 0 aliphatic heterocycles. The topological polar surface area (TPSA) is 21.6 Å². The van der Waals surface area contributed by atoms with E-state index in [1.165, 1.54) is 0 Å². The molecule has 0 amide bonds. The Morgan fingerprint density at radius 1 is 0.955 bits per heavy atom. The van der Waals surface area contributed by atoms with E-state index in [2.05, 4.69) is 32.1 Å². The Morgan fingerprint density at radius 3 is 2.14 bits per heavy atom. The van der Waals surface area contributed by atoms with Gasteiger partial charge in [0, 0.05) is 10.0 Å². The summed E-state index contributed by atoms with van der Waals surface area (Å²) in [4.78, 5) is 4.54. The van der Waals surface area contributed by atoms with E-state index >= 15 is 0 Å². The van der Waals surface area contributed by atoms with Gasteiger partial charge in [0.1, 0.15) is 12.8 Å². The fourth-order valence-electron chi connectivity index (χ4n) is 1.52. The van der Waals surface area contributed by atoms with Gasteiger partial charge in [-0.3, -0.25) is 0 Å². The Balaban J connectivity index is 2.13. The lowest BCUT2D eigenvalue weighted by Gasteiger charge is -2.06. The van der Waals surface area contributed by atoms with Crippen LogP contribution in [0, 0.1) is 29.1 Å². The number of hydrogen-bond donors (Lipinski definition) is 0. The molecule has 2 aromatic carbocycles. The second kappa shape index (κ2) is 6.87. The maximum atomic E-state index is 13.3. The standard InChI is InChI=1S/C14H6BrF5NO/c15-8-3-1-2-7(4-8)5-21-22-6-9-10(16)12(18)14(20)13(19)11(9)17/h1-4H,6H2. The van der Waals surface area contributed by atoms with E-state index in [9.17, 15) is 22.0 Å². The third kappa shape index (κ3) is 3.44. The van der Waals surface area contributed by atoms with Crippen molar-refractivity contribution in [2.75, 3.05) is 0 Å². The van der Waals surface area contributed by atoms with Crippen molar-refractivity contribution in [2.24, 2.45) is 5.16 Å². The van der Waals surface area contributed by atoms with Crippen molar-refractivity contribution >= 4 is 22.1 Å². The predicted molar refractivity (Wildman–Crippen MR) is 71.7 cm³/mol. The van der Waals surface area contributed by atoms with Gasteiger partial charge in [-0.2, -0.15) is 0 Å². The highest BCUT2D eigenvalue weighted by molar-refractivity contribution is 9.10. The molecule has 0 aliphatic carbocycles. The van der Waals surface area contributed by atoms with E-state index in [4.69, 9.17) is 0 Å². The van der Waals surface area contributed by atoms with Gasteiger partial charge in [-0.15, -0.1) is 0 Å². The molecular formula is C14H6BrF5NO. The van der Waals surface area contributed by atoms with Gasteiger partial charge in [0.25, 0.3) is 0 Å². The van der Waals surface area contributed by atoms with Gasteiger partial charge in [-0.05, 0) is 12.1 Å². The van der Waals surface area contributed by atoms with Gasteiger partial charge in [0.05, 0.1) is 5.56 Å². The average molecular weight is 379 g/mol. The second-order valence-electron chi connectivity index (χ2n) is 4.04. The molecule has 0 N–H and O–H groups in total. The van der Waals surface area contributed by atoms with E-state index in [0.29, 0.717) is 5.56 Å². The smallest absolute Gasteiger partial charge is 0.200 e. The molecule has 2 aromatic rings. The summed E-state index contributed by atoms with van der Waals surface area (Å²) in [6.45, 7) is -0.924. The Labute approximate surface area is 130 Å². The van der Waals surface area contributed by atoms with Crippen LogP contribution in [-0.2, 0) is 11.4 Å². The van der Waals surface area contributed by atoms with Crippen molar-refractivity contribution in [2.45, 2.75) is 6.61 Å². The lowest BCUT2D eigenvalue weighted by molar-refractivity contribution is 0.124. The summed E-state index contributed by atoms with van der Waals surface area (Å²) < 4.78 is 66.2. The minimum absolute atomic E-state index is 0.492. The molecule has 0 heterocycles. The van der Waals surface area contributed by atoms with Gasteiger partial charge < -0.3 is 4.84 Å². The van der Waals surface area contributed by atoms with E-state index in [1.54, 1.807) is 24.3 Å². The first-order valence-corrected chi connectivity index (χ1v) is 6.55. The molecule has 2 nitrogen and oxygen atoms in total. The number of benzene rings is 2. The summed E-state index contributed by atoms with van der Waals surface area (Å²) >= 11 is 3.21. The lowest BCUT2D eigenvalue weighted by atomic mass is 10.2. The van der Waals surface area contributed by atoms with Crippen LogP contribution in [0.15, 0.2) is 33.9 Å². The number of nitrogens with zero attached hydrogens (tertiary/aromatic N) is 1. The zero-order valence-corrected chi connectivity index (χ0v) is 12.2. The summed E-state index contributed by atoms with van der Waals surface area (Å²) in [6, 6.07) is 6.69. The van der Waals surface area contributed by atoms with Crippen LogP contribution in [0.25, 0.3) is 0 Å². The molecule has 1 radical (unpaired) electrons. The molecular weight excluding hydrogens is 373 g/mol. The first-order valence-electron chi connectivity index (χ1n) is 5.75. The number of rotatable bonds is 4. The minimum Gasteiger partial charge on any atom is -0.390 e. The predicted octanol–water partition coefficient (Wildman–Crippen LogP) is 4.57. The van der Waals surface area contributed by atoms with E-state index < -0.39 is 41.3 Å². The molecule has 0 fully saturated rings. The molecule has 0 saturated carbocycles. The summed E-state index contributed by atoms with van der Waals surface area (Å²) in [6.07, 6.45) is 2.40. The summed E-state index contributed by atoms with van der Waals surface area (Å²) in [5.41, 5.74) is -0.608. The highest BCUT2D eigenvalue weighted by Crippen LogP contribution is 2.23. The Morgan fingerprint density at radius 2 is 1.55 bits per heavy atom. The third-order valence-corrected chi connectivity index (χ3v) is 3.07. The quantitative estimate of drug-likeness (QED) is 0.251. The molecule has 22 heavy (non-hydrogen) atoms. The Kier molecular flexibility index (Phi) is 5.12. The Hall–Kier alpha value is -1.96. The third-order valence-electron chi connectivity index (χ3n) is 2.57. The molecule has 0 saturated heterocycles. The number of hydrogen-bond acceptors (Lipinski definition) is 2. The van der Waals surface area contributed by atoms with Crippen LogP contribution in [0.1, 0.15) is 11.1 Å². The van der Waals surface area contributed by atoms with Crippen LogP contribution >= 0.6 is 15.9 Å². The van der Waals surface area contributed by atoms with Crippen LogP contribution in [-0.4, -0.2) is 6.21 Å². The first-order chi connectivity index (χ1) is 10.4. The molecule has 115 valence electrons. The normalized spacial score (nSPS) is 11.2. The Bertz CT molecular complexity index is 706. The van der Waals surface area contributed by atoms with Crippen LogP contribution in [0.4, 0.5) is 22.0 Å². The molecule has 0 aromatic heterocycles. The molecule has 2 rings (SSSR count). The molecule has 0 unspecified atom stereocenters. The summed E-state index contributed by atoms with van der Waals surface area (Å²) in [7, 11) is 0. The second-order valence-corrected chi connectivity index (χ2v) is 4.95. The van der Waals surface area contributed by atoms with E-state index in [0.717, 1.165) is 4.47 Å². The lowest BCUT2D eigenvalue weighted by Crippen LogP contribution is -2.07. The fraction of sp³-hybridized carbons (Fsp3) is 0.0714. The van der Waals surface area contributed by atoms with E-state index in [1.807, 2.05) is 0 Å². The van der Waals surface area contributed by atoms with Crippen molar-refractivity contribution in [3.63, 3.8) is 0 Å². The van der Waals surface area contributed by atoms with Crippen molar-refractivity contribution < 1.29 is 26.8 Å². The fourth-order valence-corrected chi connectivity index (χ4v) is 1.92. The minimum atomic E-state index is -2.22. The zero-order valence-electron chi connectivity index (χ0n) is 10.6. The van der Waals surface area contributed by atoms with Crippen molar-refractivity contribution in [1.82, 2.24) is 0 Å². The highest BCUT2D eigenvalue weighted by Gasteiger charge is 2.25. The highest BCUT2D eigenvalue weighted by atomic mass is 79.9. The first kappa shape index (κ1) is 16.4. The van der Waals surface area contributed by atoms with Crippen LogP contribution in [0.3, 0.4) is 0 Å². The summed E-state index contributed by atoms with van der Waals surface area (Å²) in [5.74, 6) is -10.2. The van der Waals surface area contributed by atoms with Gasteiger partial charge in [0.2, 0.25) is 5.82 Å². The maximum absolute atomic E-state index is 13.3. The van der Waals surface area contributed by atoms with Crippen LogP contribution < -0.4 is 0 Å². The van der Waals surface area contributed by atoms with Crippen molar-refractivity contribution in [3.05, 3.63) is 69.0 Å². The monoisotopic (exact) mass is 378 g/mol. The van der Waals surface area contributed by atoms with Gasteiger partial charge in [-0.1, -0.05) is 33.2 Å². The zero-order chi connectivity index (χ0) is 16.3. The largest absolute Gasteiger partial charge is 0.390 e. The van der Waals surface area contributed by atoms with Crippen LogP contribution in [0.5, 0.6) is 0 Å². The molecule has 8 heteroatoms. The van der Waals surface area contributed by atoms with E-state index in [-0.39, 0.29) is 0 Å². The van der Waals surface area contributed by atoms with Gasteiger partial charge in [0.15, 0.2) is 23.3 Å². The number of halogens is 6. The molecule has 0 aliphatic rings. The van der Waals surface area contributed by atoms with Gasteiger partial charge >= 0.3 is 0 Å². The van der Waals surface area contributed by atoms with Crippen molar-refractivity contribution in [3.8, 4) is 0 Å². The molecule has 0 bridgehead atoms. The summed E-state index contributed by atoms with van der Waals surface area (Å²) in [5, 5.41) is 3.30. The molecule has 0 spiro atoms. The SMILES string of the molecule is Fc1c(F)c(F)c(CO/N=[C]\c2cccc(Br)c2)c(F)c1F. The maximum Gasteiger partial charge on any atom is 0.200 e. The molecule has 0 atom stereocenters. The average Bonchev–Trinajstić information content (AvgIpc) is 2.50.